The Balaban J connectivity index is 1.45. The Hall–Kier alpha value is -3.74. The van der Waals surface area contributed by atoms with E-state index in [1.54, 1.807) is 6.92 Å². The van der Waals surface area contributed by atoms with Gasteiger partial charge in [0.15, 0.2) is 0 Å². The van der Waals surface area contributed by atoms with E-state index in [2.05, 4.69) is 20.3 Å². The Kier molecular flexibility index (Phi) is 7.42. The second-order valence-electron chi connectivity index (χ2n) is 10.4. The lowest BCUT2D eigenvalue weighted by Gasteiger charge is -2.35. The molecule has 5 rings (SSSR count). The molecule has 3 atom stereocenters. The van der Waals surface area contributed by atoms with Crippen LogP contribution in [0.25, 0.3) is 22.3 Å². The monoisotopic (exact) mass is 563 g/mol. The summed E-state index contributed by atoms with van der Waals surface area (Å²) in [4.78, 5) is 38.0. The fourth-order valence-electron chi connectivity index (χ4n) is 4.88. The number of alkyl halides is 4. The van der Waals surface area contributed by atoms with Crippen molar-refractivity contribution in [3.8, 4) is 17.0 Å². The van der Waals surface area contributed by atoms with Gasteiger partial charge in [0.1, 0.15) is 35.6 Å². The molecule has 2 aliphatic rings. The van der Waals surface area contributed by atoms with Crippen LogP contribution < -0.4 is 10.1 Å². The van der Waals surface area contributed by atoms with Crippen LogP contribution in [-0.4, -0.2) is 74.8 Å². The number of hydrogen-bond acceptors (Lipinski definition) is 6. The summed E-state index contributed by atoms with van der Waals surface area (Å²) in [5, 5.41) is 12.2. The van der Waals surface area contributed by atoms with Crippen molar-refractivity contribution in [2.45, 2.75) is 57.6 Å². The van der Waals surface area contributed by atoms with Crippen molar-refractivity contribution in [3.63, 3.8) is 0 Å². The standard InChI is InChI=1S/C27H29F4N5O4/c1-13-21(25(38)35-19-7-8-36(10-18(19)28)26(39)14(2)37)23-24(34-13)22(32-12-33-23)17-9-16(27(29,30)31)5-6-20(17)40-11-15-3-4-15/h5-6,9,12,14-15,18-19,34,37H,3-4,7-8,10-11H2,1-2H3,(H,35,38)/t14-,18-,19+/m0/s1. The molecule has 2 aromatic heterocycles. The molecule has 1 saturated carbocycles. The number of nitrogens with one attached hydrogen (secondary N) is 2. The van der Waals surface area contributed by atoms with Gasteiger partial charge in [-0.3, -0.25) is 9.59 Å². The number of aliphatic hydroxyl groups is 1. The lowest BCUT2D eigenvalue weighted by Crippen LogP contribution is -2.55. The van der Waals surface area contributed by atoms with Crippen molar-refractivity contribution in [2.24, 2.45) is 5.92 Å². The number of aromatic nitrogens is 3. The van der Waals surface area contributed by atoms with Crippen LogP contribution in [0.2, 0.25) is 0 Å². The van der Waals surface area contributed by atoms with Crippen molar-refractivity contribution in [1.29, 1.82) is 0 Å². The molecular weight excluding hydrogens is 534 g/mol. The summed E-state index contributed by atoms with van der Waals surface area (Å²) < 4.78 is 61.5. The normalized spacial score (nSPS) is 20.4. The molecule has 214 valence electrons. The fraction of sp³-hybridized carbons (Fsp3) is 0.481. The van der Waals surface area contributed by atoms with Crippen molar-refractivity contribution in [2.75, 3.05) is 19.7 Å². The molecule has 2 fully saturated rings. The van der Waals surface area contributed by atoms with Gasteiger partial charge in [0.05, 0.1) is 35.8 Å². The predicted octanol–water partition coefficient (Wildman–Crippen LogP) is 3.79. The van der Waals surface area contributed by atoms with Crippen molar-refractivity contribution < 1.29 is 37.0 Å². The fourth-order valence-corrected chi connectivity index (χ4v) is 4.88. The zero-order valence-electron chi connectivity index (χ0n) is 21.9. The summed E-state index contributed by atoms with van der Waals surface area (Å²) in [6, 6.07) is 2.31. The molecule has 0 spiro atoms. The highest BCUT2D eigenvalue weighted by atomic mass is 19.4. The second-order valence-corrected chi connectivity index (χ2v) is 10.4. The van der Waals surface area contributed by atoms with Crippen LogP contribution in [0.4, 0.5) is 17.6 Å². The Bertz CT molecular complexity index is 1440. The number of aromatic amines is 1. The number of rotatable bonds is 7. The highest BCUT2D eigenvalue weighted by molar-refractivity contribution is 6.09. The minimum Gasteiger partial charge on any atom is -0.493 e. The molecule has 0 bridgehead atoms. The van der Waals surface area contributed by atoms with Crippen LogP contribution in [0.3, 0.4) is 0 Å². The first-order chi connectivity index (χ1) is 18.9. The molecule has 1 aromatic carbocycles. The molecule has 1 aliphatic carbocycles. The van der Waals surface area contributed by atoms with Crippen LogP contribution in [-0.2, 0) is 11.0 Å². The van der Waals surface area contributed by atoms with Crippen molar-refractivity contribution >= 4 is 22.8 Å². The van der Waals surface area contributed by atoms with Gasteiger partial charge in [-0.15, -0.1) is 0 Å². The largest absolute Gasteiger partial charge is 0.493 e. The third-order valence-electron chi connectivity index (χ3n) is 7.26. The van der Waals surface area contributed by atoms with Gasteiger partial charge in [0.2, 0.25) is 0 Å². The number of benzene rings is 1. The van der Waals surface area contributed by atoms with E-state index in [4.69, 9.17) is 4.74 Å². The second kappa shape index (κ2) is 10.7. The molecule has 3 heterocycles. The zero-order valence-corrected chi connectivity index (χ0v) is 21.9. The summed E-state index contributed by atoms with van der Waals surface area (Å²) in [6.07, 6.45) is -4.12. The van der Waals surface area contributed by atoms with Gasteiger partial charge >= 0.3 is 6.18 Å². The number of H-pyrrole nitrogens is 1. The zero-order chi connectivity index (χ0) is 28.8. The van der Waals surface area contributed by atoms with Crippen LogP contribution >= 0.6 is 0 Å². The van der Waals surface area contributed by atoms with Gasteiger partial charge in [-0.1, -0.05) is 0 Å². The van der Waals surface area contributed by atoms with Gasteiger partial charge in [-0.05, 0) is 57.2 Å². The molecule has 3 N–H and O–H groups in total. The number of halogens is 4. The molecule has 13 heteroatoms. The summed E-state index contributed by atoms with van der Waals surface area (Å²) in [5.41, 5.74) is 0.272. The SMILES string of the molecule is Cc1[nH]c2c(-c3cc(C(F)(F)F)ccc3OCC3CC3)ncnc2c1C(=O)N[C@@H]1CCN(C(=O)[C@H](C)O)C[C@@H]1F. The first kappa shape index (κ1) is 27.8. The molecular formula is C27H29F4N5O4. The highest BCUT2D eigenvalue weighted by Gasteiger charge is 2.35. The predicted molar refractivity (Wildman–Crippen MR) is 136 cm³/mol. The number of carbonyl (C=O) groups excluding carboxylic acids is 2. The molecule has 0 unspecified atom stereocenters. The lowest BCUT2D eigenvalue weighted by molar-refractivity contribution is -0.141. The number of aryl methyl sites for hydroxylation is 1. The summed E-state index contributed by atoms with van der Waals surface area (Å²) in [6.45, 7) is 3.17. The van der Waals surface area contributed by atoms with Gasteiger partial charge in [-0.2, -0.15) is 13.2 Å². The molecule has 40 heavy (non-hydrogen) atoms. The Morgan fingerprint density at radius 1 is 1.25 bits per heavy atom. The van der Waals surface area contributed by atoms with Crippen LogP contribution in [0.15, 0.2) is 24.5 Å². The molecule has 1 aliphatic heterocycles. The Morgan fingerprint density at radius 3 is 2.65 bits per heavy atom. The van der Waals surface area contributed by atoms with Gasteiger partial charge in [0, 0.05) is 17.8 Å². The smallest absolute Gasteiger partial charge is 0.416 e. The maximum Gasteiger partial charge on any atom is 0.416 e. The summed E-state index contributed by atoms with van der Waals surface area (Å²) in [7, 11) is 0. The third kappa shape index (κ3) is 5.60. The van der Waals surface area contributed by atoms with Crippen LogP contribution in [0.5, 0.6) is 5.75 Å². The number of ether oxygens (including phenoxy) is 1. The van der Waals surface area contributed by atoms with Crippen LogP contribution in [0, 0.1) is 12.8 Å². The minimum absolute atomic E-state index is 0.107. The number of fused-ring (bicyclic) bond motifs is 1. The van der Waals surface area contributed by atoms with E-state index in [0.29, 0.717) is 18.2 Å². The maximum atomic E-state index is 14.9. The highest BCUT2D eigenvalue weighted by Crippen LogP contribution is 2.40. The lowest BCUT2D eigenvalue weighted by atomic mass is 10.0. The topological polar surface area (TPSA) is 120 Å². The number of aliphatic hydroxyl groups excluding tert-OH is 1. The average Bonchev–Trinajstić information content (AvgIpc) is 3.67. The first-order valence-electron chi connectivity index (χ1n) is 13.0. The quantitative estimate of drug-likeness (QED) is 0.377. The molecule has 0 radical (unpaired) electrons. The third-order valence-corrected chi connectivity index (χ3v) is 7.26. The van der Waals surface area contributed by atoms with Crippen LogP contribution in [0.1, 0.15) is 47.8 Å². The van der Waals surface area contributed by atoms with Gasteiger partial charge < -0.3 is 25.0 Å². The minimum atomic E-state index is -4.59. The van der Waals surface area contributed by atoms with E-state index in [9.17, 15) is 32.3 Å². The number of piperidine rings is 1. The van der Waals surface area contributed by atoms with Gasteiger partial charge in [-0.25, -0.2) is 14.4 Å². The maximum absolute atomic E-state index is 14.9. The molecule has 3 aromatic rings. The van der Waals surface area contributed by atoms with E-state index in [0.717, 1.165) is 31.3 Å². The first-order valence-corrected chi connectivity index (χ1v) is 13.0. The summed E-state index contributed by atoms with van der Waals surface area (Å²) in [5.74, 6) is -0.610. The van der Waals surface area contributed by atoms with E-state index in [-0.39, 0.29) is 53.1 Å². The molecule has 9 nitrogen and oxygen atoms in total. The number of amides is 2. The van der Waals surface area contributed by atoms with Crippen molar-refractivity contribution in [1.82, 2.24) is 25.2 Å². The number of nitrogens with zero attached hydrogens (tertiary/aromatic N) is 3. The average molecular weight is 564 g/mol. The Labute approximate surface area is 226 Å². The number of likely N-dealkylation sites (tertiary alicyclic amines) is 1. The van der Waals surface area contributed by atoms with E-state index < -0.39 is 41.9 Å². The van der Waals surface area contributed by atoms with E-state index >= 15 is 0 Å². The number of carbonyl (C=O) groups is 2. The Morgan fingerprint density at radius 2 is 2.00 bits per heavy atom. The van der Waals surface area contributed by atoms with Gasteiger partial charge in [0.25, 0.3) is 11.8 Å². The molecule has 2 amide bonds. The molecule has 1 saturated heterocycles. The van der Waals surface area contributed by atoms with E-state index in [1.165, 1.54) is 17.9 Å². The summed E-state index contributed by atoms with van der Waals surface area (Å²) >= 11 is 0. The number of hydrogen-bond donors (Lipinski definition) is 3. The van der Waals surface area contributed by atoms with Crippen molar-refractivity contribution in [3.05, 3.63) is 41.3 Å². The van der Waals surface area contributed by atoms with E-state index in [1.807, 2.05) is 0 Å².